The van der Waals surface area contributed by atoms with Crippen LogP contribution in [0.3, 0.4) is 0 Å². The molecule has 1 unspecified atom stereocenters. The van der Waals surface area contributed by atoms with Gasteiger partial charge in [-0.1, -0.05) is 42.5 Å². The number of urea groups is 1. The number of imide groups is 1. The Bertz CT molecular complexity index is 1040. The zero-order chi connectivity index (χ0) is 23.1. The summed E-state index contributed by atoms with van der Waals surface area (Å²) >= 11 is 0.785. The van der Waals surface area contributed by atoms with Gasteiger partial charge in [0.25, 0.3) is 11.1 Å². The first kappa shape index (κ1) is 23.0. The molecule has 1 atom stereocenters. The van der Waals surface area contributed by atoms with Gasteiger partial charge < -0.3 is 16.4 Å². The average molecular weight is 456 g/mol. The number of carbonyl (C=O) groups is 4. The zero-order valence-electron chi connectivity index (χ0n) is 16.9. The molecule has 8 nitrogen and oxygen atoms in total. The van der Waals surface area contributed by atoms with Gasteiger partial charge in [-0.3, -0.25) is 19.3 Å². The maximum Gasteiger partial charge on any atom is 0.312 e. The largest absolute Gasteiger partial charge is 0.354 e. The number of hydrogen-bond donors (Lipinski definition) is 3. The van der Waals surface area contributed by atoms with Crippen molar-refractivity contribution in [2.45, 2.75) is 12.5 Å². The second-order valence-electron chi connectivity index (χ2n) is 6.91. The molecule has 0 aromatic heterocycles. The molecule has 1 aliphatic heterocycles. The summed E-state index contributed by atoms with van der Waals surface area (Å²) in [6.07, 6.45) is 1.46. The summed E-state index contributed by atoms with van der Waals surface area (Å²) in [5.41, 5.74) is 6.52. The highest BCUT2D eigenvalue weighted by molar-refractivity contribution is 8.18. The summed E-state index contributed by atoms with van der Waals surface area (Å²) in [5.74, 6) is -1.25. The van der Waals surface area contributed by atoms with E-state index in [1.165, 1.54) is 30.3 Å². The first-order valence-electron chi connectivity index (χ1n) is 9.72. The number of hydrogen-bond acceptors (Lipinski definition) is 5. The van der Waals surface area contributed by atoms with Crippen LogP contribution in [0.4, 0.5) is 14.0 Å². The van der Waals surface area contributed by atoms with E-state index in [0.717, 1.165) is 22.2 Å². The highest BCUT2D eigenvalue weighted by Gasteiger charge is 2.34. The molecule has 1 aliphatic rings. The van der Waals surface area contributed by atoms with Crippen molar-refractivity contribution >= 4 is 40.9 Å². The van der Waals surface area contributed by atoms with Gasteiger partial charge in [0.1, 0.15) is 5.82 Å². The number of thioether (sulfide) groups is 1. The number of amides is 5. The fourth-order valence-corrected chi connectivity index (χ4v) is 3.94. The van der Waals surface area contributed by atoms with Crippen LogP contribution >= 0.6 is 11.8 Å². The zero-order valence-corrected chi connectivity index (χ0v) is 17.7. The van der Waals surface area contributed by atoms with Crippen LogP contribution in [-0.4, -0.2) is 41.1 Å². The molecule has 4 N–H and O–H groups in total. The Hall–Kier alpha value is -3.66. The van der Waals surface area contributed by atoms with Crippen molar-refractivity contribution < 1.29 is 23.6 Å². The van der Waals surface area contributed by atoms with E-state index in [1.54, 1.807) is 24.3 Å². The molecule has 2 aromatic rings. The second-order valence-corrected chi connectivity index (χ2v) is 7.90. The summed E-state index contributed by atoms with van der Waals surface area (Å²) in [6.45, 7) is 0.0508. The minimum Gasteiger partial charge on any atom is -0.354 e. The van der Waals surface area contributed by atoms with Crippen molar-refractivity contribution in [1.29, 1.82) is 0 Å². The molecule has 32 heavy (non-hydrogen) atoms. The number of carbonyl (C=O) groups excluding carboxylic acids is 4. The summed E-state index contributed by atoms with van der Waals surface area (Å²) in [6, 6.07) is 13.1. The van der Waals surface area contributed by atoms with Gasteiger partial charge in [-0.15, -0.1) is 0 Å². The van der Waals surface area contributed by atoms with Crippen molar-refractivity contribution in [2.24, 2.45) is 5.73 Å². The van der Waals surface area contributed by atoms with E-state index in [1.807, 2.05) is 6.07 Å². The quantitative estimate of drug-likeness (QED) is 0.528. The van der Waals surface area contributed by atoms with E-state index in [9.17, 15) is 23.6 Å². The predicted molar refractivity (Wildman–Crippen MR) is 119 cm³/mol. The lowest BCUT2D eigenvalue weighted by Crippen LogP contribution is -2.40. The Morgan fingerprint density at radius 1 is 1.09 bits per heavy atom. The lowest BCUT2D eigenvalue weighted by atomic mass is 10.0. The van der Waals surface area contributed by atoms with Crippen LogP contribution in [0.15, 0.2) is 59.5 Å². The fourth-order valence-electron chi connectivity index (χ4n) is 3.08. The van der Waals surface area contributed by atoms with Crippen molar-refractivity contribution in [3.8, 4) is 0 Å². The van der Waals surface area contributed by atoms with Gasteiger partial charge in [0.15, 0.2) is 0 Å². The van der Waals surface area contributed by atoms with Crippen molar-refractivity contribution in [1.82, 2.24) is 15.5 Å². The first-order valence-corrected chi connectivity index (χ1v) is 10.5. The maximum absolute atomic E-state index is 13.0. The molecular weight excluding hydrogens is 435 g/mol. The lowest BCUT2D eigenvalue weighted by molar-refractivity contribution is -0.124. The summed E-state index contributed by atoms with van der Waals surface area (Å²) in [7, 11) is 0. The molecule has 0 bridgehead atoms. The highest BCUT2D eigenvalue weighted by atomic mass is 32.2. The number of nitrogens with zero attached hydrogens (tertiary/aromatic N) is 1. The molecule has 1 saturated heterocycles. The normalized spacial score (nSPS) is 15.7. The third-order valence-electron chi connectivity index (χ3n) is 4.61. The van der Waals surface area contributed by atoms with Crippen LogP contribution in [0.25, 0.3) is 6.08 Å². The van der Waals surface area contributed by atoms with Gasteiger partial charge in [0, 0.05) is 13.1 Å². The molecule has 0 saturated carbocycles. The Labute approximate surface area is 188 Å². The molecule has 3 rings (SSSR count). The monoisotopic (exact) mass is 456 g/mol. The van der Waals surface area contributed by atoms with E-state index >= 15 is 0 Å². The third-order valence-corrected chi connectivity index (χ3v) is 5.51. The van der Waals surface area contributed by atoms with Gasteiger partial charge >= 0.3 is 6.03 Å². The van der Waals surface area contributed by atoms with Crippen LogP contribution < -0.4 is 16.4 Å². The molecule has 0 aliphatic carbocycles. The Morgan fingerprint density at radius 3 is 2.44 bits per heavy atom. The van der Waals surface area contributed by atoms with Crippen molar-refractivity contribution in [3.05, 3.63) is 76.4 Å². The Balaban J connectivity index is 1.54. The molecular formula is C22H21FN4O4S. The SMILES string of the molecule is NC(=O)NC(CC(=O)NCCN1C(=O)S/C(=C\c2ccc(F)cc2)C1=O)c1ccccc1. The van der Waals surface area contributed by atoms with Gasteiger partial charge in [-0.2, -0.15) is 0 Å². The average Bonchev–Trinajstić information content (AvgIpc) is 3.02. The summed E-state index contributed by atoms with van der Waals surface area (Å²) in [4.78, 5) is 49.6. The van der Waals surface area contributed by atoms with E-state index in [0.29, 0.717) is 5.56 Å². The van der Waals surface area contributed by atoms with Gasteiger partial charge in [0.05, 0.1) is 17.4 Å². The van der Waals surface area contributed by atoms with Gasteiger partial charge in [-0.25, -0.2) is 9.18 Å². The Kier molecular flexibility index (Phi) is 7.61. The number of benzene rings is 2. The number of halogens is 1. The van der Waals surface area contributed by atoms with E-state index in [-0.39, 0.29) is 30.3 Å². The fraction of sp³-hybridized carbons (Fsp3) is 0.182. The molecule has 1 heterocycles. The van der Waals surface area contributed by atoms with Crippen molar-refractivity contribution in [3.63, 3.8) is 0 Å². The number of nitrogens with two attached hydrogens (primary N) is 1. The van der Waals surface area contributed by atoms with Crippen LogP contribution in [0.5, 0.6) is 0 Å². The molecule has 166 valence electrons. The third kappa shape index (κ3) is 6.17. The molecule has 2 aromatic carbocycles. The Morgan fingerprint density at radius 2 is 1.78 bits per heavy atom. The summed E-state index contributed by atoms with van der Waals surface area (Å²) < 4.78 is 13.0. The maximum atomic E-state index is 13.0. The second kappa shape index (κ2) is 10.6. The minimum atomic E-state index is -0.752. The smallest absolute Gasteiger partial charge is 0.312 e. The lowest BCUT2D eigenvalue weighted by Gasteiger charge is -2.18. The van der Waals surface area contributed by atoms with Crippen LogP contribution in [-0.2, 0) is 9.59 Å². The van der Waals surface area contributed by atoms with E-state index in [2.05, 4.69) is 10.6 Å². The highest BCUT2D eigenvalue weighted by Crippen LogP contribution is 2.31. The molecule has 1 fully saturated rings. The predicted octanol–water partition coefficient (Wildman–Crippen LogP) is 2.78. The first-order chi connectivity index (χ1) is 15.3. The number of rotatable bonds is 8. The topological polar surface area (TPSA) is 122 Å². The van der Waals surface area contributed by atoms with Crippen LogP contribution in [0, 0.1) is 5.82 Å². The standard InChI is InChI=1S/C22H21FN4O4S/c23-16-8-6-14(7-9-16)12-18-20(29)27(22(31)32-18)11-10-25-19(28)13-17(26-21(24)30)15-4-2-1-3-5-15/h1-9,12,17H,10-11,13H2,(H,25,28)(H3,24,26,30)/b18-12-. The number of nitrogens with one attached hydrogen (secondary N) is 2. The van der Waals surface area contributed by atoms with Crippen molar-refractivity contribution in [2.75, 3.05) is 13.1 Å². The molecule has 5 amide bonds. The molecule has 0 radical (unpaired) electrons. The molecule has 0 spiro atoms. The van der Waals surface area contributed by atoms with E-state index < -0.39 is 29.0 Å². The van der Waals surface area contributed by atoms with Crippen LogP contribution in [0.1, 0.15) is 23.6 Å². The summed E-state index contributed by atoms with van der Waals surface area (Å²) in [5, 5.41) is 4.73. The number of primary amides is 1. The van der Waals surface area contributed by atoms with Gasteiger partial charge in [0.2, 0.25) is 5.91 Å². The molecule has 10 heteroatoms. The van der Waals surface area contributed by atoms with E-state index in [4.69, 9.17) is 5.73 Å². The van der Waals surface area contributed by atoms with Crippen LogP contribution in [0.2, 0.25) is 0 Å². The van der Waals surface area contributed by atoms with Gasteiger partial charge in [-0.05, 0) is 41.1 Å². The minimum absolute atomic E-state index is 0.00356.